The van der Waals surface area contributed by atoms with Crippen molar-refractivity contribution in [3.05, 3.63) is 41.6 Å². The van der Waals surface area contributed by atoms with E-state index < -0.39 is 5.97 Å². The molecule has 0 heterocycles. The SMILES string of the molecule is CCOC(=O)/C(N=C=S)=C(\C)c1ccccc1. The van der Waals surface area contributed by atoms with E-state index in [0.29, 0.717) is 6.61 Å². The number of nitrogens with zero attached hydrogens (tertiary/aromatic N) is 1. The van der Waals surface area contributed by atoms with E-state index in [1.54, 1.807) is 13.8 Å². The van der Waals surface area contributed by atoms with Crippen LogP contribution < -0.4 is 0 Å². The number of thiocarbonyl (C=S) groups is 1. The van der Waals surface area contributed by atoms with Crippen LogP contribution in [0.2, 0.25) is 0 Å². The van der Waals surface area contributed by atoms with Gasteiger partial charge in [-0.3, -0.25) is 0 Å². The van der Waals surface area contributed by atoms with E-state index in [1.807, 2.05) is 30.3 Å². The Morgan fingerprint density at radius 3 is 2.59 bits per heavy atom. The van der Waals surface area contributed by atoms with Gasteiger partial charge in [0.1, 0.15) is 0 Å². The number of carbonyl (C=O) groups excluding carboxylic acids is 1. The van der Waals surface area contributed by atoms with Crippen molar-refractivity contribution < 1.29 is 9.53 Å². The predicted molar refractivity (Wildman–Crippen MR) is 70.7 cm³/mol. The van der Waals surface area contributed by atoms with Gasteiger partial charge in [-0.1, -0.05) is 30.3 Å². The van der Waals surface area contributed by atoms with E-state index in [4.69, 9.17) is 4.74 Å². The molecule has 0 aliphatic rings. The average molecular weight is 247 g/mol. The minimum atomic E-state index is -0.480. The average Bonchev–Trinajstić information content (AvgIpc) is 2.36. The summed E-state index contributed by atoms with van der Waals surface area (Å²) in [4.78, 5) is 15.5. The van der Waals surface area contributed by atoms with Crippen LogP contribution in [0.25, 0.3) is 5.57 Å². The highest BCUT2D eigenvalue weighted by atomic mass is 32.1. The first kappa shape index (κ1) is 13.3. The quantitative estimate of drug-likeness (QED) is 0.355. The maximum absolute atomic E-state index is 11.7. The zero-order valence-electron chi connectivity index (χ0n) is 9.77. The lowest BCUT2D eigenvalue weighted by atomic mass is 10.1. The highest BCUT2D eigenvalue weighted by molar-refractivity contribution is 7.78. The lowest BCUT2D eigenvalue weighted by Crippen LogP contribution is -2.07. The summed E-state index contributed by atoms with van der Waals surface area (Å²) < 4.78 is 4.92. The molecule has 0 atom stereocenters. The molecule has 0 unspecified atom stereocenters. The van der Waals surface area contributed by atoms with Gasteiger partial charge in [0.05, 0.1) is 11.8 Å². The van der Waals surface area contributed by atoms with Crippen LogP contribution in [0.15, 0.2) is 41.0 Å². The van der Waals surface area contributed by atoms with Crippen molar-refractivity contribution in [3.63, 3.8) is 0 Å². The maximum atomic E-state index is 11.7. The van der Waals surface area contributed by atoms with Crippen LogP contribution in [0.4, 0.5) is 0 Å². The van der Waals surface area contributed by atoms with Crippen molar-refractivity contribution in [3.8, 4) is 0 Å². The number of hydrogen-bond donors (Lipinski definition) is 0. The van der Waals surface area contributed by atoms with E-state index >= 15 is 0 Å². The molecule has 88 valence electrons. The predicted octanol–water partition coefficient (Wildman–Crippen LogP) is 3.08. The number of isothiocyanates is 1. The Balaban J connectivity index is 3.20. The van der Waals surface area contributed by atoms with Crippen molar-refractivity contribution in [2.45, 2.75) is 13.8 Å². The number of aliphatic imine (C=N–C) groups is 1. The second-order valence-electron chi connectivity index (χ2n) is 3.26. The number of benzene rings is 1. The number of hydrogen-bond acceptors (Lipinski definition) is 4. The van der Waals surface area contributed by atoms with Crippen molar-refractivity contribution in [2.24, 2.45) is 4.99 Å². The van der Waals surface area contributed by atoms with Gasteiger partial charge in [-0.25, -0.2) is 4.79 Å². The summed E-state index contributed by atoms with van der Waals surface area (Å²) in [6, 6.07) is 9.48. The van der Waals surface area contributed by atoms with Gasteiger partial charge in [-0.2, -0.15) is 4.99 Å². The monoisotopic (exact) mass is 247 g/mol. The van der Waals surface area contributed by atoms with Gasteiger partial charge in [0.15, 0.2) is 5.70 Å². The largest absolute Gasteiger partial charge is 0.461 e. The molecule has 0 aliphatic heterocycles. The molecule has 0 aromatic heterocycles. The van der Waals surface area contributed by atoms with Gasteiger partial charge in [0.2, 0.25) is 0 Å². The minimum absolute atomic E-state index is 0.202. The third kappa shape index (κ3) is 3.63. The molecule has 0 radical (unpaired) electrons. The number of carbonyl (C=O) groups is 1. The third-order valence-electron chi connectivity index (χ3n) is 2.19. The van der Waals surface area contributed by atoms with Crippen molar-refractivity contribution in [2.75, 3.05) is 6.61 Å². The van der Waals surface area contributed by atoms with Crippen LogP contribution in [0.5, 0.6) is 0 Å². The standard InChI is InChI=1S/C13H13NO2S/c1-3-16-13(15)12(14-9-17)10(2)11-7-5-4-6-8-11/h4-8H,3H2,1-2H3/b12-10-. The Labute approximate surface area is 106 Å². The molecule has 1 rings (SSSR count). The molecule has 4 heteroatoms. The molecule has 1 aromatic rings. The van der Waals surface area contributed by atoms with Gasteiger partial charge in [-0.05, 0) is 37.2 Å². The number of rotatable bonds is 4. The van der Waals surface area contributed by atoms with Crippen LogP contribution in [-0.4, -0.2) is 17.7 Å². The Morgan fingerprint density at radius 1 is 1.41 bits per heavy atom. The lowest BCUT2D eigenvalue weighted by molar-refractivity contribution is -0.138. The minimum Gasteiger partial charge on any atom is -0.461 e. The second-order valence-corrected chi connectivity index (χ2v) is 3.45. The Hall–Kier alpha value is -1.77. The fourth-order valence-corrected chi connectivity index (χ4v) is 1.44. The highest BCUT2D eigenvalue weighted by Crippen LogP contribution is 2.19. The van der Waals surface area contributed by atoms with Crippen molar-refractivity contribution in [1.82, 2.24) is 0 Å². The summed E-state index contributed by atoms with van der Waals surface area (Å²) in [6.07, 6.45) is 0. The zero-order chi connectivity index (χ0) is 12.7. The summed E-state index contributed by atoms with van der Waals surface area (Å²) in [7, 11) is 0. The molecule has 0 saturated carbocycles. The second kappa shape index (κ2) is 6.74. The van der Waals surface area contributed by atoms with Crippen LogP contribution in [0.3, 0.4) is 0 Å². The van der Waals surface area contributed by atoms with Crippen LogP contribution in [0, 0.1) is 0 Å². The van der Waals surface area contributed by atoms with Gasteiger partial charge < -0.3 is 4.74 Å². The Kier molecular flexibility index (Phi) is 5.27. The molecular formula is C13H13NO2S. The van der Waals surface area contributed by atoms with E-state index in [-0.39, 0.29) is 5.70 Å². The number of ether oxygens (including phenoxy) is 1. The summed E-state index contributed by atoms with van der Waals surface area (Å²) in [5.74, 6) is -0.480. The van der Waals surface area contributed by atoms with Gasteiger partial charge >= 0.3 is 5.97 Å². The molecule has 0 bridgehead atoms. The molecule has 17 heavy (non-hydrogen) atoms. The van der Waals surface area contributed by atoms with Gasteiger partial charge in [0.25, 0.3) is 0 Å². The van der Waals surface area contributed by atoms with Crippen molar-refractivity contribution >= 4 is 28.9 Å². The first-order valence-electron chi connectivity index (χ1n) is 5.22. The lowest BCUT2D eigenvalue weighted by Gasteiger charge is -2.06. The van der Waals surface area contributed by atoms with Gasteiger partial charge in [0, 0.05) is 0 Å². The number of esters is 1. The topological polar surface area (TPSA) is 38.7 Å². The van der Waals surface area contributed by atoms with Gasteiger partial charge in [-0.15, -0.1) is 0 Å². The highest BCUT2D eigenvalue weighted by Gasteiger charge is 2.14. The maximum Gasteiger partial charge on any atom is 0.358 e. The molecule has 0 amide bonds. The molecule has 1 aromatic carbocycles. The van der Waals surface area contributed by atoms with Crippen LogP contribution in [-0.2, 0) is 9.53 Å². The van der Waals surface area contributed by atoms with E-state index in [2.05, 4.69) is 22.4 Å². The molecule has 0 aliphatic carbocycles. The summed E-state index contributed by atoms with van der Waals surface area (Å²) in [5, 5.41) is 2.21. The molecule has 3 nitrogen and oxygen atoms in total. The third-order valence-corrected chi connectivity index (χ3v) is 2.28. The summed E-state index contributed by atoms with van der Waals surface area (Å²) in [5.41, 5.74) is 1.83. The summed E-state index contributed by atoms with van der Waals surface area (Å²) in [6.45, 7) is 3.85. The molecular weight excluding hydrogens is 234 g/mol. The van der Waals surface area contributed by atoms with E-state index in [0.717, 1.165) is 11.1 Å². The smallest absolute Gasteiger partial charge is 0.358 e. The van der Waals surface area contributed by atoms with Crippen LogP contribution >= 0.6 is 12.2 Å². The Morgan fingerprint density at radius 2 is 2.06 bits per heavy atom. The first-order valence-corrected chi connectivity index (χ1v) is 5.62. The van der Waals surface area contributed by atoms with Crippen molar-refractivity contribution in [1.29, 1.82) is 0 Å². The number of allylic oxidation sites excluding steroid dienone is 1. The Bertz CT molecular complexity index is 473. The molecule has 0 spiro atoms. The molecule has 0 fully saturated rings. The van der Waals surface area contributed by atoms with Crippen LogP contribution in [0.1, 0.15) is 19.4 Å². The fraction of sp³-hybridized carbons (Fsp3) is 0.231. The normalized spacial score (nSPS) is 11.2. The van der Waals surface area contributed by atoms with E-state index in [9.17, 15) is 4.79 Å². The summed E-state index contributed by atoms with van der Waals surface area (Å²) >= 11 is 4.54. The zero-order valence-corrected chi connectivity index (χ0v) is 10.6. The molecule has 0 N–H and O–H groups in total. The van der Waals surface area contributed by atoms with E-state index in [1.165, 1.54) is 0 Å². The molecule has 0 saturated heterocycles. The fourth-order valence-electron chi connectivity index (χ4n) is 1.35. The first-order chi connectivity index (χ1) is 8.20.